The van der Waals surface area contributed by atoms with E-state index in [4.69, 9.17) is 15.2 Å². The molecular formula is C11H16BrNO2. The van der Waals surface area contributed by atoms with E-state index in [1.165, 1.54) is 0 Å². The van der Waals surface area contributed by atoms with Crippen molar-refractivity contribution < 1.29 is 9.47 Å². The van der Waals surface area contributed by atoms with Crippen LogP contribution in [0.5, 0.6) is 11.5 Å². The predicted octanol–water partition coefficient (Wildman–Crippen LogP) is 2.36. The molecule has 84 valence electrons. The Morgan fingerprint density at radius 2 is 1.73 bits per heavy atom. The second-order valence-electron chi connectivity index (χ2n) is 3.18. The van der Waals surface area contributed by atoms with Gasteiger partial charge in [0.1, 0.15) is 11.5 Å². The zero-order chi connectivity index (χ0) is 11.3. The highest BCUT2D eigenvalue weighted by Gasteiger charge is 2.10. The molecule has 0 amide bonds. The lowest BCUT2D eigenvalue weighted by atomic mass is 10.1. The molecule has 0 bridgehead atoms. The minimum absolute atomic E-state index is 0.669. The number of nitrogens with two attached hydrogens (primary N) is 1. The topological polar surface area (TPSA) is 44.5 Å². The Morgan fingerprint density at radius 1 is 1.20 bits per heavy atom. The first-order chi connectivity index (χ1) is 7.22. The molecule has 0 aliphatic rings. The Morgan fingerprint density at radius 3 is 2.13 bits per heavy atom. The van der Waals surface area contributed by atoms with Gasteiger partial charge in [-0.05, 0) is 31.5 Å². The first-order valence-electron chi connectivity index (χ1n) is 4.83. The monoisotopic (exact) mass is 273 g/mol. The van der Waals surface area contributed by atoms with Crippen LogP contribution in [-0.2, 0) is 6.42 Å². The molecule has 0 unspecified atom stereocenters. The van der Waals surface area contributed by atoms with Crippen LogP contribution in [0.2, 0.25) is 0 Å². The van der Waals surface area contributed by atoms with Crippen LogP contribution in [0.4, 0.5) is 0 Å². The fourth-order valence-electron chi connectivity index (χ4n) is 1.48. The van der Waals surface area contributed by atoms with Gasteiger partial charge in [-0.15, -0.1) is 0 Å². The first kappa shape index (κ1) is 12.3. The largest absolute Gasteiger partial charge is 0.496 e. The van der Waals surface area contributed by atoms with Gasteiger partial charge in [0.05, 0.1) is 14.2 Å². The summed E-state index contributed by atoms with van der Waals surface area (Å²) in [6.45, 7) is 0.669. The molecule has 1 rings (SSSR count). The Labute approximate surface area is 98.7 Å². The van der Waals surface area contributed by atoms with Crippen LogP contribution in [0.1, 0.15) is 12.0 Å². The smallest absolute Gasteiger partial charge is 0.126 e. The maximum absolute atomic E-state index is 5.50. The average Bonchev–Trinajstić information content (AvgIpc) is 2.26. The number of hydrogen-bond acceptors (Lipinski definition) is 3. The van der Waals surface area contributed by atoms with Crippen LogP contribution in [0.25, 0.3) is 0 Å². The van der Waals surface area contributed by atoms with Crippen LogP contribution in [0.3, 0.4) is 0 Å². The van der Waals surface area contributed by atoms with Crippen molar-refractivity contribution in [2.24, 2.45) is 5.73 Å². The highest BCUT2D eigenvalue weighted by atomic mass is 79.9. The standard InChI is InChI=1S/C11H16BrNO2/c1-14-10-6-8(12)7-11(15-2)9(10)4-3-5-13/h6-7H,3-5,13H2,1-2H3. The molecule has 0 atom stereocenters. The maximum Gasteiger partial charge on any atom is 0.126 e. The number of ether oxygens (including phenoxy) is 2. The predicted molar refractivity (Wildman–Crippen MR) is 64.6 cm³/mol. The van der Waals surface area contributed by atoms with Crippen LogP contribution in [0, 0.1) is 0 Å². The number of methoxy groups -OCH3 is 2. The van der Waals surface area contributed by atoms with Gasteiger partial charge in [0, 0.05) is 10.0 Å². The molecule has 0 heterocycles. The second kappa shape index (κ2) is 5.98. The van der Waals surface area contributed by atoms with Gasteiger partial charge in [-0.25, -0.2) is 0 Å². The Kier molecular flexibility index (Phi) is 4.91. The van der Waals surface area contributed by atoms with Crippen molar-refractivity contribution in [2.45, 2.75) is 12.8 Å². The molecule has 0 radical (unpaired) electrons. The zero-order valence-corrected chi connectivity index (χ0v) is 10.6. The van der Waals surface area contributed by atoms with E-state index in [0.717, 1.165) is 34.4 Å². The molecule has 1 aromatic carbocycles. The van der Waals surface area contributed by atoms with E-state index in [0.29, 0.717) is 6.54 Å². The number of halogens is 1. The fourth-order valence-corrected chi connectivity index (χ4v) is 1.89. The van der Waals surface area contributed by atoms with Gasteiger partial charge in [-0.3, -0.25) is 0 Å². The average molecular weight is 274 g/mol. The van der Waals surface area contributed by atoms with Crippen molar-refractivity contribution >= 4 is 15.9 Å². The van der Waals surface area contributed by atoms with E-state index in [-0.39, 0.29) is 0 Å². The summed E-state index contributed by atoms with van der Waals surface area (Å²) in [5, 5.41) is 0. The SMILES string of the molecule is COc1cc(Br)cc(OC)c1CCCN. The lowest BCUT2D eigenvalue weighted by Gasteiger charge is -2.13. The molecular weight excluding hydrogens is 258 g/mol. The molecule has 0 aliphatic carbocycles. The summed E-state index contributed by atoms with van der Waals surface area (Å²) in [6, 6.07) is 3.88. The number of hydrogen-bond donors (Lipinski definition) is 1. The first-order valence-corrected chi connectivity index (χ1v) is 5.62. The van der Waals surface area contributed by atoms with Crippen LogP contribution >= 0.6 is 15.9 Å². The highest BCUT2D eigenvalue weighted by molar-refractivity contribution is 9.10. The summed E-state index contributed by atoms with van der Waals surface area (Å²) in [7, 11) is 3.32. The fraction of sp³-hybridized carbons (Fsp3) is 0.455. The second-order valence-corrected chi connectivity index (χ2v) is 4.10. The minimum atomic E-state index is 0.669. The molecule has 2 N–H and O–H groups in total. The molecule has 0 saturated carbocycles. The Balaban J connectivity index is 3.06. The number of benzene rings is 1. The molecule has 0 aliphatic heterocycles. The molecule has 3 nitrogen and oxygen atoms in total. The summed E-state index contributed by atoms with van der Waals surface area (Å²) in [5.41, 5.74) is 6.58. The van der Waals surface area contributed by atoms with Gasteiger partial charge in [0.15, 0.2) is 0 Å². The summed E-state index contributed by atoms with van der Waals surface area (Å²) in [6.07, 6.45) is 1.80. The van der Waals surface area contributed by atoms with Gasteiger partial charge in [0.2, 0.25) is 0 Å². The third kappa shape index (κ3) is 3.11. The quantitative estimate of drug-likeness (QED) is 0.896. The van der Waals surface area contributed by atoms with Crippen molar-refractivity contribution in [1.82, 2.24) is 0 Å². The molecule has 0 fully saturated rings. The van der Waals surface area contributed by atoms with Gasteiger partial charge in [-0.1, -0.05) is 15.9 Å². The number of rotatable bonds is 5. The van der Waals surface area contributed by atoms with Crippen LogP contribution in [-0.4, -0.2) is 20.8 Å². The summed E-state index contributed by atoms with van der Waals surface area (Å²) in [4.78, 5) is 0. The van der Waals surface area contributed by atoms with Gasteiger partial charge in [0.25, 0.3) is 0 Å². The van der Waals surface area contributed by atoms with Gasteiger partial charge >= 0.3 is 0 Å². The molecule has 0 spiro atoms. The zero-order valence-electron chi connectivity index (χ0n) is 9.05. The van der Waals surface area contributed by atoms with Crippen molar-refractivity contribution in [1.29, 1.82) is 0 Å². The molecule has 0 aromatic heterocycles. The summed E-state index contributed by atoms with van der Waals surface area (Å²) < 4.78 is 11.6. The summed E-state index contributed by atoms with van der Waals surface area (Å²) in [5.74, 6) is 1.68. The highest BCUT2D eigenvalue weighted by Crippen LogP contribution is 2.33. The van der Waals surface area contributed by atoms with E-state index in [1.807, 2.05) is 12.1 Å². The van der Waals surface area contributed by atoms with Gasteiger partial charge < -0.3 is 15.2 Å². The van der Waals surface area contributed by atoms with Crippen molar-refractivity contribution in [3.05, 3.63) is 22.2 Å². The normalized spacial score (nSPS) is 10.1. The van der Waals surface area contributed by atoms with E-state index >= 15 is 0 Å². The lowest BCUT2D eigenvalue weighted by molar-refractivity contribution is 0.384. The molecule has 0 saturated heterocycles. The summed E-state index contributed by atoms with van der Waals surface area (Å²) >= 11 is 3.41. The third-order valence-corrected chi connectivity index (χ3v) is 2.66. The van der Waals surface area contributed by atoms with E-state index in [2.05, 4.69) is 15.9 Å². The Hall–Kier alpha value is -0.740. The third-order valence-electron chi connectivity index (χ3n) is 2.20. The maximum atomic E-state index is 5.50. The van der Waals surface area contributed by atoms with Crippen LogP contribution in [0.15, 0.2) is 16.6 Å². The van der Waals surface area contributed by atoms with E-state index < -0.39 is 0 Å². The molecule has 4 heteroatoms. The lowest BCUT2D eigenvalue weighted by Crippen LogP contribution is -2.03. The van der Waals surface area contributed by atoms with Gasteiger partial charge in [-0.2, -0.15) is 0 Å². The van der Waals surface area contributed by atoms with E-state index in [9.17, 15) is 0 Å². The van der Waals surface area contributed by atoms with Crippen LogP contribution < -0.4 is 15.2 Å². The molecule has 1 aromatic rings. The Bertz CT molecular complexity index is 303. The van der Waals surface area contributed by atoms with E-state index in [1.54, 1.807) is 14.2 Å². The molecule has 15 heavy (non-hydrogen) atoms. The van der Waals surface area contributed by atoms with Crippen molar-refractivity contribution in [3.63, 3.8) is 0 Å². The van der Waals surface area contributed by atoms with Crippen molar-refractivity contribution in [2.75, 3.05) is 20.8 Å². The van der Waals surface area contributed by atoms with Crippen molar-refractivity contribution in [3.8, 4) is 11.5 Å². The minimum Gasteiger partial charge on any atom is -0.496 e.